The number of nitrogens with one attached hydrogen (secondary N) is 2. The first-order valence-corrected chi connectivity index (χ1v) is 8.97. The lowest BCUT2D eigenvalue weighted by molar-refractivity contribution is -0.116. The van der Waals surface area contributed by atoms with Gasteiger partial charge in [-0.15, -0.1) is 0 Å². The summed E-state index contributed by atoms with van der Waals surface area (Å²) in [6.07, 6.45) is 0. The van der Waals surface area contributed by atoms with Crippen molar-refractivity contribution in [1.82, 2.24) is 4.90 Å². The highest BCUT2D eigenvalue weighted by Gasteiger charge is 2.12. The molecule has 2 aromatic carbocycles. The van der Waals surface area contributed by atoms with E-state index in [4.69, 9.17) is 16.3 Å². The third-order valence-electron chi connectivity index (χ3n) is 3.72. The van der Waals surface area contributed by atoms with Crippen LogP contribution in [0.15, 0.2) is 36.4 Å². The Balaban J connectivity index is 2.14. The van der Waals surface area contributed by atoms with E-state index in [1.54, 1.807) is 35.2 Å². The molecule has 0 radical (unpaired) electrons. The molecule has 6 nitrogen and oxygen atoms in total. The van der Waals surface area contributed by atoms with Crippen LogP contribution in [-0.4, -0.2) is 44.0 Å². The molecule has 0 aliphatic rings. The largest absolute Gasteiger partial charge is 0.492 e. The molecule has 0 aromatic heterocycles. The minimum absolute atomic E-state index is 0.126. The van der Waals surface area contributed by atoms with Crippen molar-refractivity contribution >= 4 is 34.8 Å². The standard InChI is InChI=1S/C20H24ClN3O3/c1-5-27-18-9-7-14(10-16(18)21)20(26)23-17-11-15(8-6-13(17)2)22-19(25)12-24(3)4/h6-11H,5,12H2,1-4H3,(H,22,25)(H,23,26). The molecule has 0 bridgehead atoms. The van der Waals surface area contributed by atoms with Gasteiger partial charge in [0, 0.05) is 16.9 Å². The summed E-state index contributed by atoms with van der Waals surface area (Å²) in [6, 6.07) is 10.3. The molecule has 2 aromatic rings. The van der Waals surface area contributed by atoms with E-state index in [0.717, 1.165) is 5.56 Å². The van der Waals surface area contributed by atoms with Gasteiger partial charge in [0.25, 0.3) is 5.91 Å². The first-order chi connectivity index (χ1) is 12.8. The number of anilines is 2. The molecule has 0 saturated heterocycles. The number of hydrogen-bond donors (Lipinski definition) is 2. The van der Waals surface area contributed by atoms with Crippen LogP contribution in [0, 0.1) is 6.92 Å². The van der Waals surface area contributed by atoms with Crippen LogP contribution < -0.4 is 15.4 Å². The summed E-state index contributed by atoms with van der Waals surface area (Å²) >= 11 is 6.15. The van der Waals surface area contributed by atoms with E-state index < -0.39 is 0 Å². The summed E-state index contributed by atoms with van der Waals surface area (Å²) in [5.74, 6) is 0.122. The monoisotopic (exact) mass is 389 g/mol. The molecule has 0 aliphatic carbocycles. The fourth-order valence-electron chi connectivity index (χ4n) is 2.43. The molecule has 27 heavy (non-hydrogen) atoms. The van der Waals surface area contributed by atoms with Crippen molar-refractivity contribution in [3.05, 3.63) is 52.5 Å². The van der Waals surface area contributed by atoms with E-state index in [-0.39, 0.29) is 18.4 Å². The maximum Gasteiger partial charge on any atom is 0.255 e. The zero-order chi connectivity index (χ0) is 20.0. The Hall–Kier alpha value is -2.57. The van der Waals surface area contributed by atoms with Gasteiger partial charge in [-0.3, -0.25) is 9.59 Å². The van der Waals surface area contributed by atoms with Crippen molar-refractivity contribution in [3.8, 4) is 5.75 Å². The van der Waals surface area contributed by atoms with Gasteiger partial charge < -0.3 is 20.3 Å². The lowest BCUT2D eigenvalue weighted by Gasteiger charge is -2.14. The number of halogens is 1. The van der Waals surface area contributed by atoms with E-state index in [9.17, 15) is 9.59 Å². The molecule has 0 fully saturated rings. The van der Waals surface area contributed by atoms with Crippen LogP contribution >= 0.6 is 11.6 Å². The van der Waals surface area contributed by atoms with Crippen LogP contribution in [0.4, 0.5) is 11.4 Å². The zero-order valence-corrected chi connectivity index (χ0v) is 16.7. The molecule has 7 heteroatoms. The Kier molecular flexibility index (Phi) is 7.21. The maximum atomic E-state index is 12.6. The third-order valence-corrected chi connectivity index (χ3v) is 4.02. The Morgan fingerprint density at radius 1 is 1.11 bits per heavy atom. The van der Waals surface area contributed by atoms with Crippen LogP contribution in [0.25, 0.3) is 0 Å². The van der Waals surface area contributed by atoms with E-state index in [0.29, 0.717) is 34.3 Å². The summed E-state index contributed by atoms with van der Waals surface area (Å²) in [4.78, 5) is 26.3. The van der Waals surface area contributed by atoms with Gasteiger partial charge >= 0.3 is 0 Å². The number of benzene rings is 2. The van der Waals surface area contributed by atoms with Gasteiger partial charge in [-0.1, -0.05) is 17.7 Å². The fourth-order valence-corrected chi connectivity index (χ4v) is 2.67. The van der Waals surface area contributed by atoms with Gasteiger partial charge in [0.1, 0.15) is 5.75 Å². The molecule has 0 saturated carbocycles. The number of amides is 2. The van der Waals surface area contributed by atoms with Gasteiger partial charge in [-0.25, -0.2) is 0 Å². The number of carbonyl (C=O) groups excluding carboxylic acids is 2. The molecule has 2 amide bonds. The Morgan fingerprint density at radius 3 is 2.48 bits per heavy atom. The number of hydrogen-bond acceptors (Lipinski definition) is 4. The second-order valence-electron chi connectivity index (χ2n) is 6.35. The van der Waals surface area contributed by atoms with Crippen LogP contribution in [0.1, 0.15) is 22.8 Å². The van der Waals surface area contributed by atoms with E-state index in [1.165, 1.54) is 0 Å². The van der Waals surface area contributed by atoms with Crippen LogP contribution in [0.3, 0.4) is 0 Å². The minimum Gasteiger partial charge on any atom is -0.492 e. The first kappa shape index (κ1) is 20.7. The number of likely N-dealkylation sites (N-methyl/N-ethyl adjacent to an activating group) is 1. The van der Waals surface area contributed by atoms with Crippen LogP contribution in [0.2, 0.25) is 5.02 Å². The SMILES string of the molecule is CCOc1ccc(C(=O)Nc2cc(NC(=O)CN(C)C)ccc2C)cc1Cl. The Bertz CT molecular complexity index is 837. The minimum atomic E-state index is -0.292. The fraction of sp³-hybridized carbons (Fsp3) is 0.300. The summed E-state index contributed by atoms with van der Waals surface area (Å²) < 4.78 is 5.38. The predicted molar refractivity (Wildman–Crippen MR) is 109 cm³/mol. The number of carbonyl (C=O) groups is 2. The van der Waals surface area contributed by atoms with Gasteiger partial charge in [0.15, 0.2) is 0 Å². The normalized spacial score (nSPS) is 10.6. The molecule has 2 N–H and O–H groups in total. The van der Waals surface area contributed by atoms with E-state index in [1.807, 2.05) is 34.0 Å². The molecule has 0 aliphatic heterocycles. The molecule has 0 atom stereocenters. The Labute approximate surface area is 164 Å². The number of aryl methyl sites for hydroxylation is 1. The molecular weight excluding hydrogens is 366 g/mol. The number of ether oxygens (including phenoxy) is 1. The highest BCUT2D eigenvalue weighted by Crippen LogP contribution is 2.26. The Morgan fingerprint density at radius 2 is 1.85 bits per heavy atom. The van der Waals surface area contributed by atoms with Crippen LogP contribution in [-0.2, 0) is 4.79 Å². The van der Waals surface area contributed by atoms with Gasteiger partial charge in [0.05, 0.1) is 18.2 Å². The molecule has 2 rings (SSSR count). The van der Waals surface area contributed by atoms with Crippen molar-refractivity contribution in [3.63, 3.8) is 0 Å². The summed E-state index contributed by atoms with van der Waals surface area (Å²) in [6.45, 7) is 4.52. The maximum absolute atomic E-state index is 12.6. The van der Waals surface area contributed by atoms with E-state index >= 15 is 0 Å². The first-order valence-electron chi connectivity index (χ1n) is 8.59. The number of nitrogens with zero attached hydrogens (tertiary/aromatic N) is 1. The molecule has 0 heterocycles. The quantitative estimate of drug-likeness (QED) is 0.755. The summed E-state index contributed by atoms with van der Waals surface area (Å²) in [5, 5.41) is 6.05. The smallest absolute Gasteiger partial charge is 0.255 e. The summed E-state index contributed by atoms with van der Waals surface area (Å²) in [7, 11) is 3.64. The van der Waals surface area contributed by atoms with E-state index in [2.05, 4.69) is 10.6 Å². The van der Waals surface area contributed by atoms with Crippen LogP contribution in [0.5, 0.6) is 5.75 Å². The second-order valence-corrected chi connectivity index (χ2v) is 6.76. The third kappa shape index (κ3) is 5.98. The molecule has 0 unspecified atom stereocenters. The van der Waals surface area contributed by atoms with Crippen molar-refractivity contribution < 1.29 is 14.3 Å². The molecule has 144 valence electrons. The predicted octanol–water partition coefficient (Wildman–Crippen LogP) is 3.80. The zero-order valence-electron chi connectivity index (χ0n) is 15.9. The van der Waals surface area contributed by atoms with Gasteiger partial charge in [-0.2, -0.15) is 0 Å². The van der Waals surface area contributed by atoms with Crippen molar-refractivity contribution in [2.45, 2.75) is 13.8 Å². The van der Waals surface area contributed by atoms with Gasteiger partial charge in [0.2, 0.25) is 5.91 Å². The lowest BCUT2D eigenvalue weighted by Crippen LogP contribution is -2.27. The molecular formula is C20H24ClN3O3. The average molecular weight is 390 g/mol. The van der Waals surface area contributed by atoms with Crippen molar-refractivity contribution in [1.29, 1.82) is 0 Å². The van der Waals surface area contributed by atoms with Gasteiger partial charge in [-0.05, 0) is 63.8 Å². The second kappa shape index (κ2) is 9.39. The average Bonchev–Trinajstić information content (AvgIpc) is 2.59. The lowest BCUT2D eigenvalue weighted by atomic mass is 10.1. The van der Waals surface area contributed by atoms with Crippen molar-refractivity contribution in [2.24, 2.45) is 0 Å². The highest BCUT2D eigenvalue weighted by atomic mass is 35.5. The summed E-state index contributed by atoms with van der Waals surface area (Å²) in [5.41, 5.74) is 2.54. The molecule has 0 spiro atoms. The topological polar surface area (TPSA) is 70.7 Å². The number of rotatable bonds is 7. The van der Waals surface area contributed by atoms with Crippen molar-refractivity contribution in [2.75, 3.05) is 37.9 Å². The highest BCUT2D eigenvalue weighted by molar-refractivity contribution is 6.32.